The number of aromatic nitrogens is 1. The van der Waals surface area contributed by atoms with Crippen molar-refractivity contribution >= 4 is 11.5 Å². The monoisotopic (exact) mass is 244 g/mol. The zero-order valence-electron chi connectivity index (χ0n) is 16.1. The van der Waals surface area contributed by atoms with E-state index >= 15 is 0 Å². The number of benzene rings is 1. The molecule has 92 valence electrons. The highest BCUT2D eigenvalue weighted by Gasteiger charge is 2.36. The first kappa shape index (κ1) is 6.37. The van der Waals surface area contributed by atoms with Gasteiger partial charge in [-0.15, -0.1) is 0 Å². The molecule has 0 bridgehead atoms. The van der Waals surface area contributed by atoms with Crippen LogP contribution in [0, 0.1) is 6.92 Å². The second-order valence-corrected chi connectivity index (χ2v) is 4.65. The molecule has 0 atom stereocenters. The highest BCUT2D eigenvalue weighted by Crippen LogP contribution is 2.43. The third-order valence-corrected chi connectivity index (χ3v) is 3.30. The van der Waals surface area contributed by atoms with Gasteiger partial charge in [0, 0.05) is 37.6 Å². The lowest BCUT2D eigenvalue weighted by atomic mass is 9.88. The molecule has 2 heterocycles. The van der Waals surface area contributed by atoms with E-state index in [9.17, 15) is 0 Å². The van der Waals surface area contributed by atoms with Crippen molar-refractivity contribution in [1.29, 1.82) is 0 Å². The first-order valence-corrected chi connectivity index (χ1v) is 5.88. The van der Waals surface area contributed by atoms with Gasteiger partial charge in [0.1, 0.15) is 5.82 Å². The molecular formula is C16H18N2. The molecule has 0 radical (unpaired) electrons. The van der Waals surface area contributed by atoms with Crippen LogP contribution in [0.4, 0.5) is 11.5 Å². The van der Waals surface area contributed by atoms with Crippen LogP contribution in [0.2, 0.25) is 0 Å². The number of anilines is 2. The van der Waals surface area contributed by atoms with Crippen LogP contribution < -0.4 is 4.90 Å². The molecule has 0 amide bonds. The first-order chi connectivity index (χ1) is 11.1. The molecule has 0 aliphatic carbocycles. The van der Waals surface area contributed by atoms with Crippen LogP contribution in [0.25, 0.3) is 0 Å². The fraction of sp³-hybridized carbons (Fsp3) is 0.312. The molecule has 0 fully saturated rings. The number of para-hydroxylation sites is 1. The van der Waals surface area contributed by atoms with Gasteiger partial charge < -0.3 is 4.90 Å². The zero-order valence-corrected chi connectivity index (χ0v) is 10.1. The zero-order chi connectivity index (χ0) is 17.8. The van der Waals surface area contributed by atoms with Crippen molar-refractivity contribution in [2.75, 3.05) is 11.4 Å². The van der Waals surface area contributed by atoms with E-state index in [1.165, 1.54) is 0 Å². The van der Waals surface area contributed by atoms with Crippen molar-refractivity contribution in [3.05, 3.63) is 53.7 Å². The van der Waals surface area contributed by atoms with Gasteiger partial charge in [0.15, 0.2) is 0 Å². The van der Waals surface area contributed by atoms with E-state index < -0.39 is 19.1 Å². The summed E-state index contributed by atoms with van der Waals surface area (Å²) in [6.45, 7) is -3.62. The molecule has 1 aromatic heterocycles. The molecule has 0 spiro atoms. The van der Waals surface area contributed by atoms with E-state index in [0.29, 0.717) is 5.82 Å². The third kappa shape index (κ3) is 1.60. The Bertz CT molecular complexity index is 752. The minimum Gasteiger partial charge on any atom is -0.325 e. The van der Waals surface area contributed by atoms with E-state index in [2.05, 4.69) is 4.98 Å². The SMILES string of the molecule is [2H]C([2H])([2H])C1(C([2H])([2H])[2H])CN(c2ccccc2C)c2ncccc21. The highest BCUT2D eigenvalue weighted by atomic mass is 15.2. The largest absolute Gasteiger partial charge is 0.325 e. The molecule has 1 aliphatic heterocycles. The predicted octanol–water partition coefficient (Wildman–Crippen LogP) is 3.82. The van der Waals surface area contributed by atoms with Gasteiger partial charge in [-0.25, -0.2) is 4.98 Å². The lowest BCUT2D eigenvalue weighted by Crippen LogP contribution is -2.25. The molecule has 2 aromatic rings. The molecule has 2 nitrogen and oxygen atoms in total. The Labute approximate surface area is 117 Å². The molecule has 0 saturated carbocycles. The van der Waals surface area contributed by atoms with Gasteiger partial charge >= 0.3 is 0 Å². The average molecular weight is 244 g/mol. The van der Waals surface area contributed by atoms with Crippen LogP contribution in [0.15, 0.2) is 42.6 Å². The van der Waals surface area contributed by atoms with Crippen LogP contribution in [-0.2, 0) is 5.41 Å². The van der Waals surface area contributed by atoms with E-state index in [-0.39, 0.29) is 12.1 Å². The number of fused-ring (bicyclic) bond motifs is 1. The summed E-state index contributed by atoms with van der Waals surface area (Å²) in [5.74, 6) is 0.402. The van der Waals surface area contributed by atoms with Gasteiger partial charge in [0.25, 0.3) is 0 Å². The molecular weight excluding hydrogens is 220 g/mol. The molecule has 3 rings (SSSR count). The Morgan fingerprint density at radius 1 is 1.22 bits per heavy atom. The second kappa shape index (κ2) is 3.84. The van der Waals surface area contributed by atoms with Gasteiger partial charge in [-0.1, -0.05) is 38.0 Å². The summed E-state index contributed by atoms with van der Waals surface area (Å²) in [5, 5.41) is 0. The molecule has 0 N–H and O–H groups in total. The Morgan fingerprint density at radius 3 is 2.83 bits per heavy atom. The fourth-order valence-electron chi connectivity index (χ4n) is 2.41. The number of hydrogen-bond donors (Lipinski definition) is 0. The van der Waals surface area contributed by atoms with Crippen molar-refractivity contribution in [2.45, 2.75) is 26.0 Å². The van der Waals surface area contributed by atoms with E-state index in [0.717, 1.165) is 11.3 Å². The normalized spacial score (nSPS) is 23.1. The van der Waals surface area contributed by atoms with Gasteiger partial charge in [-0.2, -0.15) is 0 Å². The molecule has 1 aliphatic rings. The van der Waals surface area contributed by atoms with Crippen LogP contribution in [0.1, 0.15) is 33.1 Å². The smallest absolute Gasteiger partial charge is 0.136 e. The number of aryl methyl sites for hydroxylation is 1. The Morgan fingerprint density at radius 2 is 2.06 bits per heavy atom. The quantitative estimate of drug-likeness (QED) is 0.758. The predicted molar refractivity (Wildman–Crippen MR) is 75.4 cm³/mol. The van der Waals surface area contributed by atoms with Crippen molar-refractivity contribution in [3.63, 3.8) is 0 Å². The Kier molecular flexibility index (Phi) is 1.36. The Hall–Kier alpha value is -1.83. The van der Waals surface area contributed by atoms with Crippen molar-refractivity contribution < 1.29 is 8.22 Å². The number of nitrogens with zero attached hydrogens (tertiary/aromatic N) is 2. The summed E-state index contributed by atoms with van der Waals surface area (Å²) in [5.41, 5.74) is -0.00615. The van der Waals surface area contributed by atoms with E-state index in [4.69, 9.17) is 8.22 Å². The number of hydrogen-bond acceptors (Lipinski definition) is 2. The van der Waals surface area contributed by atoms with Crippen molar-refractivity contribution in [3.8, 4) is 0 Å². The van der Waals surface area contributed by atoms with Gasteiger partial charge in [0.05, 0.1) is 0 Å². The van der Waals surface area contributed by atoms with Gasteiger partial charge in [-0.05, 0) is 24.6 Å². The standard InChI is InChI=1S/C16H18N2/c1-12-7-4-5-9-14(12)18-11-16(2,3)13-8-6-10-17-15(13)18/h4-10H,11H2,1-3H3/i2D3,3D3. The van der Waals surface area contributed by atoms with E-state index in [1.54, 1.807) is 23.2 Å². The topological polar surface area (TPSA) is 16.1 Å². The molecule has 2 heteroatoms. The van der Waals surface area contributed by atoms with Crippen LogP contribution in [0.3, 0.4) is 0 Å². The summed E-state index contributed by atoms with van der Waals surface area (Å²) in [4.78, 5) is 6.02. The summed E-state index contributed by atoms with van der Waals surface area (Å²) in [7, 11) is 0. The maximum atomic E-state index is 7.99. The minimum atomic E-state index is -2.69. The average Bonchev–Trinajstić information content (AvgIpc) is 2.84. The Balaban J connectivity index is 2.28. The number of pyridine rings is 1. The summed E-state index contributed by atoms with van der Waals surface area (Å²) in [6.07, 6.45) is 1.55. The summed E-state index contributed by atoms with van der Waals surface area (Å²) < 4.78 is 47.9. The van der Waals surface area contributed by atoms with Crippen LogP contribution >= 0.6 is 0 Å². The minimum absolute atomic E-state index is 0.156. The lowest BCUT2D eigenvalue weighted by Gasteiger charge is -2.23. The second-order valence-electron chi connectivity index (χ2n) is 4.65. The van der Waals surface area contributed by atoms with Crippen LogP contribution in [0.5, 0.6) is 0 Å². The van der Waals surface area contributed by atoms with Crippen molar-refractivity contribution in [1.82, 2.24) is 4.98 Å². The third-order valence-electron chi connectivity index (χ3n) is 3.30. The molecule has 0 saturated heterocycles. The summed E-state index contributed by atoms with van der Waals surface area (Å²) >= 11 is 0. The molecule has 1 aromatic carbocycles. The summed E-state index contributed by atoms with van der Waals surface area (Å²) in [6, 6.07) is 10.6. The fourth-order valence-corrected chi connectivity index (χ4v) is 2.41. The van der Waals surface area contributed by atoms with Crippen molar-refractivity contribution in [2.24, 2.45) is 0 Å². The lowest BCUT2D eigenvalue weighted by molar-refractivity contribution is 0.569. The number of rotatable bonds is 1. The highest BCUT2D eigenvalue weighted by molar-refractivity contribution is 5.71. The van der Waals surface area contributed by atoms with Crippen LogP contribution in [-0.4, -0.2) is 11.5 Å². The molecule has 18 heavy (non-hydrogen) atoms. The maximum absolute atomic E-state index is 7.99. The van der Waals surface area contributed by atoms with Gasteiger partial charge in [0.2, 0.25) is 0 Å². The molecule has 0 unspecified atom stereocenters. The van der Waals surface area contributed by atoms with Gasteiger partial charge in [-0.3, -0.25) is 0 Å². The van der Waals surface area contributed by atoms with E-state index in [1.807, 2.05) is 31.2 Å². The first-order valence-electron chi connectivity index (χ1n) is 8.88. The maximum Gasteiger partial charge on any atom is 0.136 e.